The van der Waals surface area contributed by atoms with Gasteiger partial charge < -0.3 is 10.6 Å². The number of nitrogens with zero attached hydrogens (tertiary/aromatic N) is 3. The van der Waals surface area contributed by atoms with Crippen molar-refractivity contribution in [2.45, 2.75) is 32.4 Å². The van der Waals surface area contributed by atoms with Crippen LogP contribution in [-0.4, -0.2) is 49.4 Å². The highest BCUT2D eigenvalue weighted by Crippen LogP contribution is 2.36. The number of nitrogen functional groups attached to an aromatic ring is 1. The zero-order valence-electron chi connectivity index (χ0n) is 17.4. The fourth-order valence-corrected chi connectivity index (χ4v) is 4.29. The van der Waals surface area contributed by atoms with Crippen LogP contribution in [0, 0.1) is 12.8 Å². The second kappa shape index (κ2) is 8.99. The van der Waals surface area contributed by atoms with Gasteiger partial charge in [-0.25, -0.2) is 8.42 Å². The molecule has 0 unspecified atom stereocenters. The van der Waals surface area contributed by atoms with Crippen LogP contribution < -0.4 is 10.5 Å². The summed E-state index contributed by atoms with van der Waals surface area (Å²) in [5.74, 6) is 1.29. The number of anilines is 2. The molecule has 2 bridgehead atoms. The number of fused-ring (bicyclic) bond motifs is 3. The highest BCUT2D eigenvalue weighted by atomic mass is 32.2. The van der Waals surface area contributed by atoms with Crippen molar-refractivity contribution in [3.8, 4) is 11.3 Å². The van der Waals surface area contributed by atoms with Crippen molar-refractivity contribution in [3.05, 3.63) is 35.4 Å². The lowest BCUT2D eigenvalue weighted by Crippen LogP contribution is -2.41. The van der Waals surface area contributed by atoms with E-state index < -0.39 is 21.8 Å². The molecule has 2 aromatic rings. The van der Waals surface area contributed by atoms with Crippen LogP contribution in [-0.2, 0) is 16.2 Å². The van der Waals surface area contributed by atoms with Crippen molar-refractivity contribution in [2.24, 2.45) is 5.92 Å². The van der Waals surface area contributed by atoms with Gasteiger partial charge in [0.15, 0.2) is 0 Å². The minimum atomic E-state index is -4.60. The van der Waals surface area contributed by atoms with E-state index in [1.54, 1.807) is 6.92 Å². The van der Waals surface area contributed by atoms with Crippen molar-refractivity contribution >= 4 is 21.5 Å². The molecule has 11 heteroatoms. The second-order valence-electron chi connectivity index (χ2n) is 8.00. The molecule has 1 aromatic carbocycles. The van der Waals surface area contributed by atoms with Crippen molar-refractivity contribution in [3.63, 3.8) is 0 Å². The number of halogens is 3. The first-order valence-corrected chi connectivity index (χ1v) is 11.8. The van der Waals surface area contributed by atoms with E-state index in [1.165, 1.54) is 45.0 Å². The number of benzene rings is 1. The molecule has 0 radical (unpaired) electrons. The first-order valence-electron chi connectivity index (χ1n) is 9.94. The van der Waals surface area contributed by atoms with Gasteiger partial charge in [-0.15, -0.1) is 10.2 Å². The number of sulfonamides is 1. The molecule has 3 saturated heterocycles. The van der Waals surface area contributed by atoms with E-state index in [9.17, 15) is 21.6 Å². The van der Waals surface area contributed by atoms with Crippen LogP contribution >= 0.6 is 0 Å². The lowest BCUT2D eigenvalue weighted by atomic mass is 9.89. The molecule has 0 amide bonds. The summed E-state index contributed by atoms with van der Waals surface area (Å²) in [4.78, 5) is 2.58. The first-order chi connectivity index (χ1) is 14.4. The molecule has 0 spiro atoms. The lowest BCUT2D eigenvalue weighted by Gasteiger charge is -2.38. The Morgan fingerprint density at radius 2 is 1.71 bits per heavy atom. The zero-order valence-corrected chi connectivity index (χ0v) is 18.2. The van der Waals surface area contributed by atoms with E-state index >= 15 is 0 Å². The van der Waals surface area contributed by atoms with Gasteiger partial charge in [0, 0.05) is 5.56 Å². The molecule has 3 aliphatic rings. The third kappa shape index (κ3) is 6.30. The molecule has 31 heavy (non-hydrogen) atoms. The number of nitrogens with two attached hydrogens (primary N) is 1. The summed E-state index contributed by atoms with van der Waals surface area (Å²) in [6.45, 7) is 5.83. The van der Waals surface area contributed by atoms with Gasteiger partial charge in [-0.2, -0.15) is 13.2 Å². The molecule has 3 fully saturated rings. The quantitative estimate of drug-likeness (QED) is 0.731. The SMILES string of the molecule is C1CN2CCC1CC2.Cc1cc(-c2ccc(C(F)(F)F)cc2NS(C)(=O)=O)nnc1N. The third-order valence-electron chi connectivity index (χ3n) is 5.50. The third-order valence-corrected chi connectivity index (χ3v) is 6.09. The summed E-state index contributed by atoms with van der Waals surface area (Å²) in [5.41, 5.74) is 5.28. The minimum Gasteiger partial charge on any atom is -0.382 e. The minimum absolute atomic E-state index is 0.166. The fraction of sp³-hybridized carbons (Fsp3) is 0.500. The summed E-state index contributed by atoms with van der Waals surface area (Å²) in [6, 6.07) is 4.20. The number of piperidine rings is 3. The molecule has 170 valence electrons. The van der Waals surface area contributed by atoms with Crippen LogP contribution in [0.3, 0.4) is 0 Å². The van der Waals surface area contributed by atoms with Crippen LogP contribution in [0.5, 0.6) is 0 Å². The summed E-state index contributed by atoms with van der Waals surface area (Å²) < 4.78 is 63.4. The average Bonchev–Trinajstić information content (AvgIpc) is 2.70. The Bertz CT molecular complexity index is 1010. The van der Waals surface area contributed by atoms with E-state index in [-0.39, 0.29) is 22.8 Å². The Hall–Kier alpha value is -2.40. The number of hydrogen-bond donors (Lipinski definition) is 2. The normalized spacial score (nSPS) is 20.7. The average molecular weight is 458 g/mol. The molecule has 3 aliphatic heterocycles. The number of nitrogens with one attached hydrogen (secondary N) is 1. The van der Waals surface area contributed by atoms with Crippen LogP contribution in [0.15, 0.2) is 24.3 Å². The van der Waals surface area contributed by atoms with Gasteiger partial charge in [-0.1, -0.05) is 6.07 Å². The Balaban J connectivity index is 0.000000280. The first kappa shape index (κ1) is 23.3. The molecular weight excluding hydrogens is 431 g/mol. The van der Waals surface area contributed by atoms with Crippen LogP contribution in [0.1, 0.15) is 30.4 Å². The van der Waals surface area contributed by atoms with Gasteiger partial charge in [0.25, 0.3) is 0 Å². The molecule has 4 heterocycles. The van der Waals surface area contributed by atoms with Crippen LogP contribution in [0.25, 0.3) is 11.3 Å². The van der Waals surface area contributed by atoms with E-state index in [4.69, 9.17) is 5.73 Å². The van der Waals surface area contributed by atoms with Gasteiger partial charge >= 0.3 is 6.18 Å². The monoisotopic (exact) mass is 457 g/mol. The molecule has 3 N–H and O–H groups in total. The van der Waals surface area contributed by atoms with Crippen LogP contribution in [0.2, 0.25) is 0 Å². The number of alkyl halides is 3. The summed E-state index contributed by atoms with van der Waals surface area (Å²) in [6.07, 6.45) is 0.701. The van der Waals surface area contributed by atoms with E-state index in [0.717, 1.165) is 24.3 Å². The number of aromatic nitrogens is 2. The molecule has 0 aliphatic carbocycles. The zero-order chi connectivity index (χ0) is 22.8. The molecule has 7 nitrogen and oxygen atoms in total. The maximum absolute atomic E-state index is 12.8. The topological polar surface area (TPSA) is 101 Å². The predicted molar refractivity (Wildman–Crippen MR) is 114 cm³/mol. The van der Waals surface area contributed by atoms with E-state index in [0.29, 0.717) is 11.6 Å². The number of rotatable bonds is 3. The molecular formula is C20H26F3N5O2S. The van der Waals surface area contributed by atoms with Crippen molar-refractivity contribution in [1.29, 1.82) is 0 Å². The Morgan fingerprint density at radius 3 is 2.13 bits per heavy atom. The summed E-state index contributed by atoms with van der Waals surface area (Å²) in [5, 5.41) is 7.49. The molecule has 0 saturated carbocycles. The fourth-order valence-electron chi connectivity index (χ4n) is 3.72. The lowest BCUT2D eigenvalue weighted by molar-refractivity contribution is -0.137. The number of hydrogen-bond acceptors (Lipinski definition) is 6. The van der Waals surface area contributed by atoms with Gasteiger partial charge in [0.05, 0.1) is 23.2 Å². The highest BCUT2D eigenvalue weighted by molar-refractivity contribution is 7.92. The highest BCUT2D eigenvalue weighted by Gasteiger charge is 2.31. The van der Waals surface area contributed by atoms with Gasteiger partial charge in [-0.05, 0) is 75.5 Å². The van der Waals surface area contributed by atoms with Crippen molar-refractivity contribution < 1.29 is 21.6 Å². The maximum atomic E-state index is 12.8. The van der Waals surface area contributed by atoms with Crippen molar-refractivity contribution in [2.75, 3.05) is 36.3 Å². The largest absolute Gasteiger partial charge is 0.416 e. The molecule has 1 aromatic heterocycles. The van der Waals surface area contributed by atoms with Gasteiger partial charge in [0.1, 0.15) is 5.82 Å². The van der Waals surface area contributed by atoms with Gasteiger partial charge in [0.2, 0.25) is 10.0 Å². The standard InChI is InChI=1S/C13H13F3N4O2S.C7H13N/c1-7-5-10(18-19-12(7)17)9-4-3-8(13(14,15)16)6-11(9)20-23(2,21)22;1-4-8-5-2-7(1)3-6-8/h3-6,20H,1-2H3,(H2,17,19);7H,1-6H2. The van der Waals surface area contributed by atoms with Crippen LogP contribution in [0.4, 0.5) is 24.7 Å². The Labute approximate surface area is 179 Å². The molecule has 0 atom stereocenters. The van der Waals surface area contributed by atoms with E-state index in [2.05, 4.69) is 19.8 Å². The smallest absolute Gasteiger partial charge is 0.382 e. The van der Waals surface area contributed by atoms with Crippen molar-refractivity contribution in [1.82, 2.24) is 15.1 Å². The Morgan fingerprint density at radius 1 is 1.10 bits per heavy atom. The predicted octanol–water partition coefficient (Wildman–Crippen LogP) is 3.53. The summed E-state index contributed by atoms with van der Waals surface area (Å²) >= 11 is 0. The van der Waals surface area contributed by atoms with E-state index in [1.807, 2.05) is 0 Å². The summed E-state index contributed by atoms with van der Waals surface area (Å²) in [7, 11) is -3.78. The molecule has 5 rings (SSSR count). The maximum Gasteiger partial charge on any atom is 0.416 e. The second-order valence-corrected chi connectivity index (χ2v) is 9.75. The van der Waals surface area contributed by atoms with Gasteiger partial charge in [-0.3, -0.25) is 4.72 Å². The Kier molecular flexibility index (Phi) is 6.75. The number of aryl methyl sites for hydroxylation is 1.